The monoisotopic (exact) mass is 429 g/mol. The average molecular weight is 429 g/mol. The van der Waals surface area contributed by atoms with Crippen molar-refractivity contribution >= 4 is 38.4 Å². The van der Waals surface area contributed by atoms with Crippen LogP contribution in [0.3, 0.4) is 0 Å². The molecule has 5 aromatic rings. The van der Waals surface area contributed by atoms with Crippen molar-refractivity contribution in [3.8, 4) is 11.8 Å². The Morgan fingerprint density at radius 2 is 2.23 bits per heavy atom. The molecule has 31 heavy (non-hydrogen) atoms. The van der Waals surface area contributed by atoms with Crippen LogP contribution in [-0.2, 0) is 0 Å². The van der Waals surface area contributed by atoms with E-state index in [1.807, 2.05) is 6.92 Å². The van der Waals surface area contributed by atoms with E-state index in [1.54, 1.807) is 36.1 Å². The highest BCUT2D eigenvalue weighted by Gasteiger charge is 2.23. The van der Waals surface area contributed by atoms with Gasteiger partial charge in [0.25, 0.3) is 5.56 Å². The van der Waals surface area contributed by atoms with Crippen molar-refractivity contribution < 1.29 is 0 Å². The SMILES string of the molecule is CC[C@H](Nc1ncnc2scnc12)c1nc2cccc(C#N)c2c(=O)n1-c1cn[nH]c1. The molecule has 4 heterocycles. The molecule has 0 saturated carbocycles. The lowest BCUT2D eigenvalue weighted by atomic mass is 10.1. The summed E-state index contributed by atoms with van der Waals surface area (Å²) in [7, 11) is 0. The Bertz CT molecular complexity index is 1500. The van der Waals surface area contributed by atoms with Gasteiger partial charge in [0.05, 0.1) is 39.9 Å². The number of nitriles is 1. The van der Waals surface area contributed by atoms with Crippen LogP contribution in [0.25, 0.3) is 26.9 Å². The van der Waals surface area contributed by atoms with Crippen LogP contribution in [-0.4, -0.2) is 34.7 Å². The summed E-state index contributed by atoms with van der Waals surface area (Å²) in [6.45, 7) is 1.98. The minimum absolute atomic E-state index is 0.272. The molecular formula is C20H15N9OS. The van der Waals surface area contributed by atoms with Gasteiger partial charge in [-0.25, -0.2) is 19.9 Å². The highest BCUT2D eigenvalue weighted by atomic mass is 32.1. The van der Waals surface area contributed by atoms with Crippen LogP contribution in [0.1, 0.15) is 30.8 Å². The predicted octanol–water partition coefficient (Wildman–Crippen LogP) is 2.94. The fraction of sp³-hybridized carbons (Fsp3) is 0.150. The van der Waals surface area contributed by atoms with Gasteiger partial charge < -0.3 is 5.32 Å². The highest BCUT2D eigenvalue weighted by molar-refractivity contribution is 7.16. The van der Waals surface area contributed by atoms with Gasteiger partial charge in [0, 0.05) is 6.20 Å². The van der Waals surface area contributed by atoms with E-state index in [2.05, 4.69) is 36.5 Å². The Hall–Kier alpha value is -4.17. The number of hydrogen-bond donors (Lipinski definition) is 2. The Balaban J connectivity index is 1.74. The zero-order valence-electron chi connectivity index (χ0n) is 16.3. The van der Waals surface area contributed by atoms with Gasteiger partial charge in [0.1, 0.15) is 28.6 Å². The van der Waals surface area contributed by atoms with Crippen molar-refractivity contribution in [3.05, 3.63) is 64.2 Å². The largest absolute Gasteiger partial charge is 0.358 e. The lowest BCUT2D eigenvalue weighted by molar-refractivity contribution is 0.659. The number of hydrogen-bond acceptors (Lipinski definition) is 9. The Morgan fingerprint density at radius 3 is 3.00 bits per heavy atom. The fourth-order valence-electron chi connectivity index (χ4n) is 3.50. The normalized spacial score (nSPS) is 12.1. The van der Waals surface area contributed by atoms with Gasteiger partial charge in [-0.05, 0) is 18.6 Å². The van der Waals surface area contributed by atoms with E-state index in [4.69, 9.17) is 4.98 Å². The number of rotatable bonds is 5. The quantitative estimate of drug-likeness (QED) is 0.435. The molecule has 0 aliphatic rings. The molecule has 2 N–H and O–H groups in total. The summed E-state index contributed by atoms with van der Waals surface area (Å²) in [4.78, 5) is 32.0. The number of nitrogens with zero attached hydrogens (tertiary/aromatic N) is 7. The maximum absolute atomic E-state index is 13.5. The summed E-state index contributed by atoms with van der Waals surface area (Å²) in [5, 5.41) is 19.9. The van der Waals surface area contributed by atoms with Crippen LogP contribution in [0.4, 0.5) is 5.82 Å². The lowest BCUT2D eigenvalue weighted by Gasteiger charge is -2.21. The number of thiazole rings is 1. The van der Waals surface area contributed by atoms with Crippen LogP contribution in [0.2, 0.25) is 0 Å². The number of aromatic nitrogens is 7. The van der Waals surface area contributed by atoms with Gasteiger partial charge in [0.15, 0.2) is 5.82 Å². The first-order chi connectivity index (χ1) is 15.2. The third kappa shape index (κ3) is 3.10. The van der Waals surface area contributed by atoms with Crippen LogP contribution < -0.4 is 10.9 Å². The number of fused-ring (bicyclic) bond motifs is 2. The molecule has 10 nitrogen and oxygen atoms in total. The summed E-state index contributed by atoms with van der Waals surface area (Å²) in [6.07, 6.45) is 5.25. The predicted molar refractivity (Wildman–Crippen MR) is 116 cm³/mol. The van der Waals surface area contributed by atoms with Gasteiger partial charge >= 0.3 is 0 Å². The maximum Gasteiger partial charge on any atom is 0.267 e. The number of H-pyrrole nitrogens is 1. The number of aromatic amines is 1. The second-order valence-corrected chi connectivity index (χ2v) is 7.55. The average Bonchev–Trinajstić information content (AvgIpc) is 3.49. The third-order valence-corrected chi connectivity index (χ3v) is 5.68. The zero-order chi connectivity index (χ0) is 21.4. The van der Waals surface area contributed by atoms with E-state index in [0.717, 1.165) is 4.83 Å². The van der Waals surface area contributed by atoms with Crippen molar-refractivity contribution in [2.75, 3.05) is 5.32 Å². The van der Waals surface area contributed by atoms with E-state index in [1.165, 1.54) is 22.2 Å². The maximum atomic E-state index is 13.5. The summed E-state index contributed by atoms with van der Waals surface area (Å²) in [5.74, 6) is 1.05. The number of benzene rings is 1. The van der Waals surface area contributed by atoms with E-state index in [9.17, 15) is 10.1 Å². The standard InChI is InChI=1S/C20H15N9OS/c1-2-13(27-17-16-19(23-9-22-17)31-10-24-16)18-28-14-5-3-4-11(6-21)15(14)20(30)29(18)12-7-25-26-8-12/h3-5,7-10,13H,2H2,1H3,(H,25,26)(H,22,23,27)/t13-/m0/s1. The molecule has 4 aromatic heterocycles. The van der Waals surface area contributed by atoms with Crippen LogP contribution in [0, 0.1) is 11.3 Å². The lowest BCUT2D eigenvalue weighted by Crippen LogP contribution is -2.28. The summed E-state index contributed by atoms with van der Waals surface area (Å²) in [5.41, 5.74) is 3.31. The van der Waals surface area contributed by atoms with Crippen molar-refractivity contribution in [2.24, 2.45) is 0 Å². The molecule has 5 rings (SSSR count). The molecule has 0 unspecified atom stereocenters. The van der Waals surface area contributed by atoms with Gasteiger partial charge in [0.2, 0.25) is 0 Å². The van der Waals surface area contributed by atoms with Gasteiger partial charge in [-0.15, -0.1) is 11.3 Å². The molecule has 0 spiro atoms. The van der Waals surface area contributed by atoms with E-state index in [0.29, 0.717) is 34.8 Å². The zero-order valence-corrected chi connectivity index (χ0v) is 17.1. The summed E-state index contributed by atoms with van der Waals surface area (Å²) >= 11 is 1.43. The Kier molecular flexibility index (Phi) is 4.61. The first-order valence-electron chi connectivity index (χ1n) is 9.47. The van der Waals surface area contributed by atoms with E-state index < -0.39 is 0 Å². The van der Waals surface area contributed by atoms with Gasteiger partial charge in [-0.3, -0.25) is 14.5 Å². The van der Waals surface area contributed by atoms with Crippen LogP contribution >= 0.6 is 11.3 Å². The molecule has 11 heteroatoms. The molecule has 0 amide bonds. The second kappa shape index (κ2) is 7.58. The van der Waals surface area contributed by atoms with Crippen molar-refractivity contribution in [3.63, 3.8) is 0 Å². The molecule has 0 aliphatic carbocycles. The van der Waals surface area contributed by atoms with Crippen LogP contribution in [0.15, 0.2) is 47.2 Å². The molecule has 0 radical (unpaired) electrons. The first kappa shape index (κ1) is 18.8. The Labute approximate surface area is 179 Å². The van der Waals surface area contributed by atoms with E-state index >= 15 is 0 Å². The molecule has 1 aromatic carbocycles. The van der Waals surface area contributed by atoms with Gasteiger partial charge in [-0.2, -0.15) is 10.4 Å². The Morgan fingerprint density at radius 1 is 1.32 bits per heavy atom. The molecule has 152 valence electrons. The molecule has 0 saturated heterocycles. The molecule has 1 atom stereocenters. The number of anilines is 1. The van der Waals surface area contributed by atoms with Crippen molar-refractivity contribution in [1.82, 2.24) is 34.7 Å². The molecule has 0 fully saturated rings. The minimum Gasteiger partial charge on any atom is -0.358 e. The fourth-order valence-corrected chi connectivity index (χ4v) is 4.13. The van der Waals surface area contributed by atoms with Crippen molar-refractivity contribution in [1.29, 1.82) is 5.26 Å². The molecule has 0 aliphatic heterocycles. The summed E-state index contributed by atoms with van der Waals surface area (Å²) < 4.78 is 1.48. The smallest absolute Gasteiger partial charge is 0.267 e. The van der Waals surface area contributed by atoms with Crippen LogP contribution in [0.5, 0.6) is 0 Å². The molecular weight excluding hydrogens is 414 g/mol. The number of nitrogens with one attached hydrogen (secondary N) is 2. The van der Waals surface area contributed by atoms with Gasteiger partial charge in [-0.1, -0.05) is 13.0 Å². The third-order valence-electron chi connectivity index (χ3n) is 4.95. The van der Waals surface area contributed by atoms with Crippen molar-refractivity contribution in [2.45, 2.75) is 19.4 Å². The first-order valence-corrected chi connectivity index (χ1v) is 10.3. The van der Waals surface area contributed by atoms with E-state index in [-0.39, 0.29) is 22.6 Å². The minimum atomic E-state index is -0.363. The highest BCUT2D eigenvalue weighted by Crippen LogP contribution is 2.27. The molecule has 0 bridgehead atoms. The summed E-state index contributed by atoms with van der Waals surface area (Å²) in [6, 6.07) is 6.79. The second-order valence-electron chi connectivity index (χ2n) is 6.71. The topological polar surface area (TPSA) is 138 Å².